The summed E-state index contributed by atoms with van der Waals surface area (Å²) in [6, 6.07) is 7.90. The van der Waals surface area contributed by atoms with Gasteiger partial charge in [0.25, 0.3) is 0 Å². The van der Waals surface area contributed by atoms with E-state index in [4.69, 9.17) is 14.5 Å². The lowest BCUT2D eigenvalue weighted by Gasteiger charge is -2.39. The Morgan fingerprint density at radius 2 is 1.79 bits per heavy atom. The zero-order valence-electron chi connectivity index (χ0n) is 24.4. The van der Waals surface area contributed by atoms with Gasteiger partial charge in [0.2, 0.25) is 0 Å². The first-order valence-corrected chi connectivity index (χ1v) is 15.7. The Kier molecular flexibility index (Phi) is 10.5. The number of fused-ring (bicyclic) bond motifs is 1. The molecule has 0 saturated carbocycles. The summed E-state index contributed by atoms with van der Waals surface area (Å²) in [6.07, 6.45) is 5.08. The fraction of sp³-hybridized carbons (Fsp3) is 0.500. The number of carbonyl (C=O) groups is 1. The summed E-state index contributed by atoms with van der Waals surface area (Å²) < 4.78 is 51.3. The van der Waals surface area contributed by atoms with Gasteiger partial charge in [-0.1, -0.05) is 0 Å². The van der Waals surface area contributed by atoms with E-state index in [9.17, 15) is 23.1 Å². The molecule has 0 amide bonds. The number of piperidine rings is 1. The van der Waals surface area contributed by atoms with Gasteiger partial charge in [0.05, 0.1) is 31.3 Å². The quantitative estimate of drug-likeness (QED) is 0.203. The third kappa shape index (κ3) is 7.63. The van der Waals surface area contributed by atoms with Crippen molar-refractivity contribution in [3.05, 3.63) is 65.1 Å². The minimum atomic E-state index is -1.46. The number of hydrogen-bond donors (Lipinski definition) is 1. The van der Waals surface area contributed by atoms with Crippen molar-refractivity contribution in [2.24, 2.45) is 5.41 Å². The fourth-order valence-corrected chi connectivity index (χ4v) is 7.07. The second-order valence-corrected chi connectivity index (χ2v) is 12.5. The lowest BCUT2D eigenvalue weighted by atomic mass is 9.74. The van der Waals surface area contributed by atoms with Gasteiger partial charge in [-0.2, -0.15) is 0 Å². The minimum Gasteiger partial charge on any atom is -0.497 e. The summed E-state index contributed by atoms with van der Waals surface area (Å²) in [5.74, 6) is -3.28. The van der Waals surface area contributed by atoms with Gasteiger partial charge in [-0.15, -0.1) is 11.8 Å². The first-order valence-electron chi connectivity index (χ1n) is 14.8. The van der Waals surface area contributed by atoms with Crippen molar-refractivity contribution in [1.29, 1.82) is 0 Å². The molecule has 7 nitrogen and oxygen atoms in total. The van der Waals surface area contributed by atoms with Crippen LogP contribution in [0.1, 0.15) is 36.8 Å². The maximum atomic E-state index is 13.5. The van der Waals surface area contributed by atoms with E-state index < -0.39 is 28.8 Å². The number of pyridine rings is 1. The number of halogens is 3. The van der Waals surface area contributed by atoms with Crippen LogP contribution in [0, 0.1) is 22.9 Å². The van der Waals surface area contributed by atoms with E-state index in [1.165, 1.54) is 17.3 Å². The summed E-state index contributed by atoms with van der Waals surface area (Å²) in [5, 5.41) is 11.4. The van der Waals surface area contributed by atoms with E-state index in [0.29, 0.717) is 62.8 Å². The normalized spacial score (nSPS) is 17.8. The topological polar surface area (TPSA) is 75.1 Å². The molecular formula is C32H38F3N3O4S. The van der Waals surface area contributed by atoms with Gasteiger partial charge in [-0.25, -0.2) is 13.2 Å². The number of carboxylic acid groups (broad SMARTS) is 1. The molecule has 2 aromatic carbocycles. The number of likely N-dealkylation sites (tertiary alicyclic amines) is 1. The van der Waals surface area contributed by atoms with Crippen LogP contribution in [0.4, 0.5) is 13.2 Å². The van der Waals surface area contributed by atoms with Crippen molar-refractivity contribution in [2.45, 2.75) is 43.5 Å². The van der Waals surface area contributed by atoms with Crippen LogP contribution in [-0.2, 0) is 22.5 Å². The number of methoxy groups -OCH3 is 1. The fourth-order valence-electron chi connectivity index (χ4n) is 6.11. The molecule has 2 aliphatic heterocycles. The average Bonchev–Trinajstić information content (AvgIpc) is 3.01. The Hall–Kier alpha value is -2.86. The van der Waals surface area contributed by atoms with E-state index in [2.05, 4.69) is 9.80 Å². The summed E-state index contributed by atoms with van der Waals surface area (Å²) in [7, 11) is 1.65. The second kappa shape index (κ2) is 14.3. The molecule has 0 aliphatic carbocycles. The molecule has 0 unspecified atom stereocenters. The second-order valence-electron chi connectivity index (χ2n) is 11.4. The van der Waals surface area contributed by atoms with E-state index in [1.54, 1.807) is 7.11 Å². The maximum Gasteiger partial charge on any atom is 0.309 e. The van der Waals surface area contributed by atoms with Crippen molar-refractivity contribution in [3.8, 4) is 5.75 Å². The molecule has 3 aromatic rings. The van der Waals surface area contributed by atoms with Crippen molar-refractivity contribution in [2.75, 3.05) is 58.8 Å². The molecule has 0 atom stereocenters. The number of morpholine rings is 1. The molecule has 3 heterocycles. The lowest BCUT2D eigenvalue weighted by molar-refractivity contribution is -0.152. The third-order valence-corrected chi connectivity index (χ3v) is 9.71. The molecule has 1 N–H and O–H groups in total. The largest absolute Gasteiger partial charge is 0.497 e. The van der Waals surface area contributed by atoms with Crippen molar-refractivity contribution in [3.63, 3.8) is 0 Å². The van der Waals surface area contributed by atoms with Crippen molar-refractivity contribution < 1.29 is 32.5 Å². The third-order valence-electron chi connectivity index (χ3n) is 8.76. The van der Waals surface area contributed by atoms with Crippen LogP contribution >= 0.6 is 11.8 Å². The Morgan fingerprint density at radius 3 is 2.47 bits per heavy atom. The SMILES string of the molecule is COc1ccc2ncc(CN3CCOCC3)c(CCCC3(C(=O)O)CCN(CCSc4cc(F)c(F)c(F)c4)CC3)c2c1. The summed E-state index contributed by atoms with van der Waals surface area (Å²) in [5.41, 5.74) is 2.45. The van der Waals surface area contributed by atoms with Crippen LogP contribution in [0.2, 0.25) is 0 Å². The monoisotopic (exact) mass is 617 g/mol. The van der Waals surface area contributed by atoms with Gasteiger partial charge < -0.3 is 19.5 Å². The van der Waals surface area contributed by atoms with E-state index in [1.807, 2.05) is 24.4 Å². The highest BCUT2D eigenvalue weighted by atomic mass is 32.2. The lowest BCUT2D eigenvalue weighted by Crippen LogP contribution is -2.45. The zero-order chi connectivity index (χ0) is 30.4. The Bertz CT molecular complexity index is 1410. The van der Waals surface area contributed by atoms with Gasteiger partial charge >= 0.3 is 5.97 Å². The highest BCUT2D eigenvalue weighted by molar-refractivity contribution is 7.99. The maximum absolute atomic E-state index is 13.5. The molecule has 0 radical (unpaired) electrons. The summed E-state index contributed by atoms with van der Waals surface area (Å²) in [6.45, 7) is 5.85. The number of aryl methyl sites for hydroxylation is 1. The molecule has 2 saturated heterocycles. The van der Waals surface area contributed by atoms with E-state index in [0.717, 1.165) is 66.8 Å². The van der Waals surface area contributed by atoms with E-state index in [-0.39, 0.29) is 0 Å². The number of ether oxygens (including phenoxy) is 2. The highest BCUT2D eigenvalue weighted by Gasteiger charge is 2.40. The Morgan fingerprint density at radius 1 is 1.07 bits per heavy atom. The smallest absolute Gasteiger partial charge is 0.309 e. The van der Waals surface area contributed by atoms with Crippen molar-refractivity contribution in [1.82, 2.24) is 14.8 Å². The summed E-state index contributed by atoms with van der Waals surface area (Å²) in [4.78, 5) is 22.2. The van der Waals surface area contributed by atoms with Crippen LogP contribution in [0.3, 0.4) is 0 Å². The van der Waals surface area contributed by atoms with Gasteiger partial charge in [0.15, 0.2) is 17.5 Å². The molecule has 2 fully saturated rings. The molecule has 1 aromatic heterocycles. The predicted octanol–water partition coefficient (Wildman–Crippen LogP) is 5.77. The van der Waals surface area contributed by atoms with Gasteiger partial charge in [0, 0.05) is 48.4 Å². The number of thioether (sulfide) groups is 1. The number of nitrogens with zero attached hydrogens (tertiary/aromatic N) is 3. The van der Waals surface area contributed by atoms with Crippen LogP contribution < -0.4 is 4.74 Å². The van der Waals surface area contributed by atoms with Crippen LogP contribution in [-0.4, -0.2) is 84.7 Å². The van der Waals surface area contributed by atoms with Crippen LogP contribution in [0.25, 0.3) is 10.9 Å². The van der Waals surface area contributed by atoms with E-state index >= 15 is 0 Å². The zero-order valence-corrected chi connectivity index (χ0v) is 25.2. The number of rotatable bonds is 12. The number of benzene rings is 2. The number of aliphatic carboxylic acids is 1. The average molecular weight is 618 g/mol. The molecule has 0 bridgehead atoms. The highest BCUT2D eigenvalue weighted by Crippen LogP contribution is 2.38. The first kappa shape index (κ1) is 31.6. The molecule has 43 heavy (non-hydrogen) atoms. The number of carboxylic acids is 1. The van der Waals surface area contributed by atoms with Gasteiger partial charge in [-0.3, -0.25) is 14.7 Å². The molecule has 0 spiro atoms. The standard InChI is InChI=1S/C32H38F3N3O4S/c1-41-23-4-5-29-26(17-23)25(22(20-36-29)21-38-11-14-42-15-12-38)3-2-6-32(31(39)40)7-9-37(10-8-32)13-16-43-24-18-27(33)30(35)28(34)19-24/h4-5,17-20H,2-3,6-16,21H2,1H3,(H,39,40). The van der Waals surface area contributed by atoms with Gasteiger partial charge in [-0.05, 0) is 86.7 Å². The minimum absolute atomic E-state index is 0.336. The van der Waals surface area contributed by atoms with Crippen LogP contribution in [0.5, 0.6) is 5.75 Å². The van der Waals surface area contributed by atoms with Crippen LogP contribution in [0.15, 0.2) is 41.4 Å². The molecule has 2 aliphatic rings. The van der Waals surface area contributed by atoms with Crippen molar-refractivity contribution >= 4 is 28.6 Å². The molecule has 11 heteroatoms. The Labute approximate surface area is 254 Å². The molecule has 5 rings (SSSR count). The number of aromatic nitrogens is 1. The number of hydrogen-bond acceptors (Lipinski definition) is 7. The molecule has 232 valence electrons. The molecular weight excluding hydrogens is 579 g/mol. The summed E-state index contributed by atoms with van der Waals surface area (Å²) >= 11 is 1.26. The first-order chi connectivity index (χ1) is 20.8. The van der Waals surface area contributed by atoms with Gasteiger partial charge in [0.1, 0.15) is 5.75 Å². The predicted molar refractivity (Wildman–Crippen MR) is 160 cm³/mol. The Balaban J connectivity index is 1.21.